The van der Waals surface area contributed by atoms with Gasteiger partial charge in [0, 0.05) is 7.11 Å². The second-order valence-corrected chi connectivity index (χ2v) is 8.16. The Kier molecular flexibility index (Phi) is 6.78. The van der Waals surface area contributed by atoms with Crippen molar-refractivity contribution in [3.05, 3.63) is 76.7 Å². The molecule has 0 unspecified atom stereocenters. The molecule has 1 heterocycles. The molecule has 0 spiro atoms. The number of carbonyl (C=O) groups excluding carboxylic acids is 2. The second-order valence-electron chi connectivity index (χ2n) is 7.16. The lowest BCUT2D eigenvalue weighted by Crippen LogP contribution is -2.31. The van der Waals surface area contributed by atoms with E-state index in [1.165, 1.54) is 12.0 Å². The van der Waals surface area contributed by atoms with Crippen molar-refractivity contribution in [1.82, 2.24) is 4.90 Å². The molecular weight excluding hydrogens is 426 g/mol. The number of nitrogens with zero attached hydrogens (tertiary/aromatic N) is 1. The highest BCUT2D eigenvalue weighted by Crippen LogP contribution is 2.35. The molecule has 6 nitrogen and oxygen atoms in total. The van der Waals surface area contributed by atoms with Gasteiger partial charge in [-0.05, 0) is 51.9 Å². The van der Waals surface area contributed by atoms with Crippen molar-refractivity contribution in [3.63, 3.8) is 0 Å². The third-order valence-electron chi connectivity index (χ3n) is 5.14. The first-order chi connectivity index (χ1) is 15.6. The van der Waals surface area contributed by atoms with Crippen LogP contribution in [0.4, 0.5) is 4.79 Å². The van der Waals surface area contributed by atoms with Crippen molar-refractivity contribution < 1.29 is 23.8 Å². The highest BCUT2D eigenvalue weighted by Gasteiger charge is 2.34. The molecule has 1 aliphatic rings. The summed E-state index contributed by atoms with van der Waals surface area (Å²) < 4.78 is 16.5. The molecule has 2 amide bonds. The average molecular weight is 450 g/mol. The molecule has 7 heteroatoms. The highest BCUT2D eigenvalue weighted by molar-refractivity contribution is 8.18. The summed E-state index contributed by atoms with van der Waals surface area (Å²) in [7, 11) is 3.10. The Morgan fingerprint density at radius 3 is 2.59 bits per heavy atom. The number of hydrogen-bond donors (Lipinski definition) is 0. The number of hydrogen-bond acceptors (Lipinski definition) is 6. The number of carbonyl (C=O) groups is 2. The molecule has 32 heavy (non-hydrogen) atoms. The first-order valence-electron chi connectivity index (χ1n) is 10.1. The smallest absolute Gasteiger partial charge is 0.293 e. The number of rotatable bonds is 8. The predicted molar refractivity (Wildman–Crippen MR) is 126 cm³/mol. The van der Waals surface area contributed by atoms with E-state index in [1.807, 2.05) is 36.4 Å². The van der Waals surface area contributed by atoms with Crippen LogP contribution in [0.15, 0.2) is 65.6 Å². The summed E-state index contributed by atoms with van der Waals surface area (Å²) in [5.41, 5.74) is 1.83. The topological polar surface area (TPSA) is 65.1 Å². The Bertz CT molecular complexity index is 1180. The number of benzene rings is 3. The number of methoxy groups -OCH3 is 2. The van der Waals surface area contributed by atoms with Crippen LogP contribution >= 0.6 is 11.8 Å². The molecule has 1 fully saturated rings. The molecule has 4 rings (SSSR count). The zero-order valence-electron chi connectivity index (χ0n) is 17.9. The Labute approximate surface area is 190 Å². The van der Waals surface area contributed by atoms with Crippen LogP contribution in [-0.2, 0) is 16.1 Å². The first kappa shape index (κ1) is 21.9. The van der Waals surface area contributed by atoms with Crippen molar-refractivity contribution in [3.8, 4) is 11.5 Å². The number of fused-ring (bicyclic) bond motifs is 1. The van der Waals surface area contributed by atoms with Crippen LogP contribution in [0, 0.1) is 0 Å². The molecular formula is C25H23NO5S. The number of imide groups is 1. The Balaban J connectivity index is 1.51. The molecule has 164 valence electrons. The van der Waals surface area contributed by atoms with Crippen molar-refractivity contribution in [1.29, 1.82) is 0 Å². The standard InChI is InChI=1S/C25H23NO5S/c1-29-13-12-26-24(27)23(32-25(26)28)15-17-10-11-21(22(14-17)30-2)31-16-19-8-5-7-18-6-3-4-9-20(18)19/h3-11,14-15H,12-13,16H2,1-2H3/b23-15+. The molecule has 1 aliphatic heterocycles. The van der Waals surface area contributed by atoms with Gasteiger partial charge in [-0.1, -0.05) is 48.5 Å². The molecule has 0 aliphatic carbocycles. The van der Waals surface area contributed by atoms with Crippen LogP contribution < -0.4 is 9.47 Å². The fourth-order valence-corrected chi connectivity index (χ4v) is 4.36. The summed E-state index contributed by atoms with van der Waals surface area (Å²) in [5, 5.41) is 2.02. The molecule has 1 saturated heterocycles. The van der Waals surface area contributed by atoms with Crippen molar-refractivity contribution >= 4 is 39.8 Å². The van der Waals surface area contributed by atoms with E-state index in [4.69, 9.17) is 14.2 Å². The Hall–Kier alpha value is -3.29. The minimum Gasteiger partial charge on any atom is -0.493 e. The van der Waals surface area contributed by atoms with E-state index in [0.29, 0.717) is 29.6 Å². The van der Waals surface area contributed by atoms with E-state index in [1.54, 1.807) is 19.3 Å². The van der Waals surface area contributed by atoms with E-state index in [0.717, 1.165) is 33.7 Å². The molecule has 3 aromatic carbocycles. The molecule has 3 aromatic rings. The van der Waals surface area contributed by atoms with Crippen LogP contribution in [0.2, 0.25) is 0 Å². The van der Waals surface area contributed by atoms with Crippen LogP contribution in [0.1, 0.15) is 11.1 Å². The number of thioether (sulfide) groups is 1. The Morgan fingerprint density at radius 1 is 0.969 bits per heavy atom. The SMILES string of the molecule is COCCN1C(=O)S/C(=C/c2ccc(OCc3cccc4ccccc34)c(OC)c2)C1=O. The Morgan fingerprint density at radius 2 is 1.78 bits per heavy atom. The van der Waals surface area contributed by atoms with Gasteiger partial charge in [-0.15, -0.1) is 0 Å². The first-order valence-corrected chi connectivity index (χ1v) is 10.9. The van der Waals surface area contributed by atoms with Gasteiger partial charge in [0.05, 0.1) is 25.2 Å². The maximum absolute atomic E-state index is 12.5. The summed E-state index contributed by atoms with van der Waals surface area (Å²) in [5.74, 6) is 0.843. The average Bonchev–Trinajstić information content (AvgIpc) is 3.08. The van der Waals surface area contributed by atoms with Gasteiger partial charge in [0.1, 0.15) is 6.61 Å². The minimum atomic E-state index is -0.313. The predicted octanol–water partition coefficient (Wildman–Crippen LogP) is 5.11. The molecule has 0 atom stereocenters. The van der Waals surface area contributed by atoms with E-state index < -0.39 is 0 Å². The van der Waals surface area contributed by atoms with Crippen molar-refractivity contribution in [2.45, 2.75) is 6.61 Å². The zero-order valence-corrected chi connectivity index (χ0v) is 18.7. The third-order valence-corrected chi connectivity index (χ3v) is 6.05. The van der Waals surface area contributed by atoms with Crippen molar-refractivity contribution in [2.75, 3.05) is 27.4 Å². The highest BCUT2D eigenvalue weighted by atomic mass is 32.2. The van der Waals surface area contributed by atoms with Gasteiger partial charge < -0.3 is 14.2 Å². The summed E-state index contributed by atoms with van der Waals surface area (Å²) in [6, 6.07) is 19.8. The number of amides is 2. The van der Waals surface area contributed by atoms with E-state index in [2.05, 4.69) is 18.2 Å². The molecule has 0 bridgehead atoms. The fourth-order valence-electron chi connectivity index (χ4n) is 3.49. The van der Waals surface area contributed by atoms with Crippen LogP contribution in [0.25, 0.3) is 16.8 Å². The quantitative estimate of drug-likeness (QED) is 0.445. The van der Waals surface area contributed by atoms with Crippen LogP contribution in [-0.4, -0.2) is 43.4 Å². The van der Waals surface area contributed by atoms with Gasteiger partial charge >= 0.3 is 0 Å². The largest absolute Gasteiger partial charge is 0.493 e. The summed E-state index contributed by atoms with van der Waals surface area (Å²) >= 11 is 0.924. The molecule has 0 saturated carbocycles. The lowest BCUT2D eigenvalue weighted by molar-refractivity contribution is -0.123. The molecule has 0 aromatic heterocycles. The summed E-state index contributed by atoms with van der Waals surface area (Å²) in [6.07, 6.45) is 1.69. The zero-order chi connectivity index (χ0) is 22.5. The fraction of sp³-hybridized carbons (Fsp3) is 0.200. The van der Waals surface area contributed by atoms with Crippen molar-refractivity contribution in [2.24, 2.45) is 0 Å². The van der Waals surface area contributed by atoms with E-state index >= 15 is 0 Å². The van der Waals surface area contributed by atoms with Gasteiger partial charge in [-0.25, -0.2) is 0 Å². The van der Waals surface area contributed by atoms with Gasteiger partial charge in [-0.3, -0.25) is 14.5 Å². The third kappa shape index (κ3) is 4.64. The van der Waals surface area contributed by atoms with E-state index in [-0.39, 0.29) is 17.7 Å². The minimum absolute atomic E-state index is 0.239. The molecule has 0 radical (unpaired) electrons. The van der Waals surface area contributed by atoms with Crippen LogP contribution in [0.5, 0.6) is 11.5 Å². The normalized spacial score (nSPS) is 15.1. The lowest BCUT2D eigenvalue weighted by atomic mass is 10.1. The summed E-state index contributed by atoms with van der Waals surface area (Å²) in [4.78, 5) is 26.2. The van der Waals surface area contributed by atoms with Gasteiger partial charge in [0.15, 0.2) is 11.5 Å². The van der Waals surface area contributed by atoms with E-state index in [9.17, 15) is 9.59 Å². The maximum Gasteiger partial charge on any atom is 0.293 e. The molecule has 0 N–H and O–H groups in total. The maximum atomic E-state index is 12.5. The summed E-state index contributed by atoms with van der Waals surface area (Å²) in [6.45, 7) is 0.945. The monoisotopic (exact) mass is 449 g/mol. The second kappa shape index (κ2) is 9.89. The lowest BCUT2D eigenvalue weighted by Gasteiger charge is -2.13. The van der Waals surface area contributed by atoms with Gasteiger partial charge in [-0.2, -0.15) is 0 Å². The number of ether oxygens (including phenoxy) is 3. The van der Waals surface area contributed by atoms with Gasteiger partial charge in [0.25, 0.3) is 11.1 Å². The van der Waals surface area contributed by atoms with Gasteiger partial charge in [0.2, 0.25) is 0 Å². The van der Waals surface area contributed by atoms with Crippen LogP contribution in [0.3, 0.4) is 0 Å².